The predicted molar refractivity (Wildman–Crippen MR) is 130 cm³/mol. The Bertz CT molecular complexity index is 1480. The number of methoxy groups -OCH3 is 1. The van der Waals surface area contributed by atoms with Gasteiger partial charge in [0.25, 0.3) is 17.3 Å². The fraction of sp³-hybridized carbons (Fsp3) is 0.200. The van der Waals surface area contributed by atoms with Crippen LogP contribution in [0, 0.1) is 24.0 Å². The van der Waals surface area contributed by atoms with Gasteiger partial charge in [-0.15, -0.1) is 0 Å². The third-order valence-corrected chi connectivity index (χ3v) is 5.49. The van der Waals surface area contributed by atoms with Gasteiger partial charge in [-0.2, -0.15) is 0 Å². The lowest BCUT2D eigenvalue weighted by molar-refractivity contribution is -0.384. The van der Waals surface area contributed by atoms with Crippen molar-refractivity contribution in [3.05, 3.63) is 75.5 Å². The third-order valence-electron chi connectivity index (χ3n) is 5.49. The summed E-state index contributed by atoms with van der Waals surface area (Å²) < 4.78 is 15.9. The molecule has 184 valence electrons. The number of hydrogen-bond acceptors (Lipinski definition) is 9. The summed E-state index contributed by atoms with van der Waals surface area (Å²) in [5, 5.41) is 17.9. The van der Waals surface area contributed by atoms with E-state index in [4.69, 9.17) is 14.0 Å². The van der Waals surface area contributed by atoms with Crippen molar-refractivity contribution in [3.8, 4) is 17.0 Å². The maximum Gasteiger partial charge on any atom is 0.339 e. The standard InChI is InChI=1S/C25H22N4O7/c1-13-5-7-16(8-6-13)19-12-18(22-14(2)28-36-24(22)27-19)25(31)35-15(3)23(30)26-20-11-17(29(32)33)9-10-21(20)34-4/h5-12,15H,1-4H3,(H,26,30). The lowest BCUT2D eigenvalue weighted by Gasteiger charge is -2.15. The number of amides is 1. The molecular weight excluding hydrogens is 468 g/mol. The van der Waals surface area contributed by atoms with E-state index in [1.165, 1.54) is 26.2 Å². The van der Waals surface area contributed by atoms with Crippen LogP contribution in [0.1, 0.15) is 28.5 Å². The second kappa shape index (κ2) is 9.82. The molecule has 0 radical (unpaired) electrons. The topological polar surface area (TPSA) is 147 Å². The number of anilines is 1. The number of non-ortho nitro benzene ring substituents is 1. The van der Waals surface area contributed by atoms with Gasteiger partial charge in [-0.25, -0.2) is 9.78 Å². The molecule has 1 N–H and O–H groups in total. The van der Waals surface area contributed by atoms with E-state index >= 15 is 0 Å². The van der Waals surface area contributed by atoms with Crippen LogP contribution < -0.4 is 10.1 Å². The zero-order valence-corrected chi connectivity index (χ0v) is 19.9. The molecule has 0 fully saturated rings. The minimum Gasteiger partial charge on any atom is -0.495 e. The van der Waals surface area contributed by atoms with Gasteiger partial charge in [0, 0.05) is 17.7 Å². The van der Waals surface area contributed by atoms with Crippen LogP contribution in [0.25, 0.3) is 22.4 Å². The minimum atomic E-state index is -1.24. The van der Waals surface area contributed by atoms with Crippen LogP contribution in [-0.4, -0.2) is 40.2 Å². The minimum absolute atomic E-state index is 0.0717. The van der Waals surface area contributed by atoms with E-state index in [-0.39, 0.29) is 28.4 Å². The molecule has 11 heteroatoms. The molecule has 0 bridgehead atoms. The first-order valence-electron chi connectivity index (χ1n) is 10.9. The van der Waals surface area contributed by atoms with Gasteiger partial charge in [0.15, 0.2) is 6.10 Å². The smallest absolute Gasteiger partial charge is 0.339 e. The van der Waals surface area contributed by atoms with Crippen molar-refractivity contribution in [2.24, 2.45) is 0 Å². The average Bonchev–Trinajstić information content (AvgIpc) is 3.24. The predicted octanol–water partition coefficient (Wildman–Crippen LogP) is 4.61. The zero-order chi connectivity index (χ0) is 26.0. The molecule has 4 rings (SSSR count). The van der Waals surface area contributed by atoms with Crippen LogP contribution >= 0.6 is 0 Å². The first-order chi connectivity index (χ1) is 17.2. The Morgan fingerprint density at radius 1 is 1.11 bits per heavy atom. The number of nitrogens with zero attached hydrogens (tertiary/aromatic N) is 3. The van der Waals surface area contributed by atoms with Crippen molar-refractivity contribution in [3.63, 3.8) is 0 Å². The summed E-state index contributed by atoms with van der Waals surface area (Å²) in [6.45, 7) is 5.01. The van der Waals surface area contributed by atoms with Crippen molar-refractivity contribution in [1.82, 2.24) is 10.1 Å². The molecule has 0 aliphatic heterocycles. The highest BCUT2D eigenvalue weighted by atomic mass is 16.6. The van der Waals surface area contributed by atoms with Crippen LogP contribution in [0.4, 0.5) is 11.4 Å². The monoisotopic (exact) mass is 490 g/mol. The van der Waals surface area contributed by atoms with Crippen LogP contribution in [-0.2, 0) is 9.53 Å². The number of fused-ring (bicyclic) bond motifs is 1. The molecule has 2 heterocycles. The van der Waals surface area contributed by atoms with Gasteiger partial charge in [0.2, 0.25) is 0 Å². The zero-order valence-electron chi connectivity index (χ0n) is 19.9. The number of pyridine rings is 1. The van der Waals surface area contributed by atoms with Crippen molar-refractivity contribution < 1.29 is 28.5 Å². The molecule has 36 heavy (non-hydrogen) atoms. The third kappa shape index (κ3) is 4.85. The van der Waals surface area contributed by atoms with Crippen molar-refractivity contribution in [2.45, 2.75) is 26.9 Å². The molecule has 1 unspecified atom stereocenters. The number of hydrogen-bond donors (Lipinski definition) is 1. The van der Waals surface area contributed by atoms with Crippen molar-refractivity contribution in [1.29, 1.82) is 0 Å². The molecule has 2 aromatic heterocycles. The molecule has 1 atom stereocenters. The van der Waals surface area contributed by atoms with Crippen LogP contribution in [0.5, 0.6) is 5.75 Å². The van der Waals surface area contributed by atoms with E-state index < -0.39 is 22.9 Å². The number of ether oxygens (including phenoxy) is 2. The Kier molecular flexibility index (Phi) is 6.64. The second-order valence-corrected chi connectivity index (χ2v) is 8.05. The molecular formula is C25H22N4O7. The Hall–Kier alpha value is -4.80. The fourth-order valence-corrected chi connectivity index (χ4v) is 3.55. The SMILES string of the molecule is COc1ccc([N+](=O)[O-])cc1NC(=O)C(C)OC(=O)c1cc(-c2ccc(C)cc2)nc2onc(C)c12. The Labute approximate surface area is 205 Å². The Morgan fingerprint density at radius 2 is 1.83 bits per heavy atom. The average molecular weight is 490 g/mol. The summed E-state index contributed by atoms with van der Waals surface area (Å²) in [5.41, 5.74) is 2.88. The number of carbonyl (C=O) groups is 2. The summed E-state index contributed by atoms with van der Waals surface area (Å²) in [6, 6.07) is 12.9. The lowest BCUT2D eigenvalue weighted by atomic mass is 10.0. The molecule has 4 aromatic rings. The Morgan fingerprint density at radius 3 is 2.50 bits per heavy atom. The molecule has 1 amide bonds. The van der Waals surface area contributed by atoms with Crippen molar-refractivity contribution in [2.75, 3.05) is 12.4 Å². The van der Waals surface area contributed by atoms with Gasteiger partial charge in [-0.05, 0) is 32.9 Å². The fourth-order valence-electron chi connectivity index (χ4n) is 3.55. The molecule has 0 saturated carbocycles. The summed E-state index contributed by atoms with van der Waals surface area (Å²) in [5.74, 6) is -1.27. The summed E-state index contributed by atoms with van der Waals surface area (Å²) in [4.78, 5) is 40.9. The number of benzene rings is 2. The maximum absolute atomic E-state index is 13.2. The molecule has 0 saturated heterocycles. The molecule has 11 nitrogen and oxygen atoms in total. The number of nitro benzene ring substituents is 1. The summed E-state index contributed by atoms with van der Waals surface area (Å²) in [6.07, 6.45) is -1.24. The van der Waals surface area contributed by atoms with E-state index in [0.717, 1.165) is 17.2 Å². The van der Waals surface area contributed by atoms with Crippen LogP contribution in [0.2, 0.25) is 0 Å². The highest BCUT2D eigenvalue weighted by Crippen LogP contribution is 2.30. The first-order valence-corrected chi connectivity index (χ1v) is 10.9. The number of nitrogens with one attached hydrogen (secondary N) is 1. The summed E-state index contributed by atoms with van der Waals surface area (Å²) >= 11 is 0. The number of aryl methyl sites for hydroxylation is 2. The number of esters is 1. The van der Waals surface area contributed by atoms with Gasteiger partial charge < -0.3 is 19.3 Å². The van der Waals surface area contributed by atoms with Gasteiger partial charge in [0.05, 0.1) is 40.1 Å². The van der Waals surface area contributed by atoms with Gasteiger partial charge in [-0.1, -0.05) is 35.0 Å². The first kappa shape index (κ1) is 24.3. The molecule has 2 aromatic carbocycles. The van der Waals surface area contributed by atoms with E-state index in [0.29, 0.717) is 16.8 Å². The van der Waals surface area contributed by atoms with Crippen molar-refractivity contribution >= 4 is 34.4 Å². The van der Waals surface area contributed by atoms with Crippen LogP contribution in [0.15, 0.2) is 53.1 Å². The number of carbonyl (C=O) groups excluding carboxylic acids is 2. The van der Waals surface area contributed by atoms with E-state index in [2.05, 4.69) is 15.5 Å². The molecule has 0 spiro atoms. The van der Waals surface area contributed by atoms with E-state index in [1.54, 1.807) is 13.0 Å². The maximum atomic E-state index is 13.2. The highest BCUT2D eigenvalue weighted by molar-refractivity contribution is 6.06. The molecule has 0 aliphatic rings. The van der Waals surface area contributed by atoms with E-state index in [1.807, 2.05) is 31.2 Å². The summed E-state index contributed by atoms with van der Waals surface area (Å²) in [7, 11) is 1.36. The largest absolute Gasteiger partial charge is 0.495 e. The number of rotatable bonds is 7. The van der Waals surface area contributed by atoms with Gasteiger partial charge >= 0.3 is 5.97 Å². The number of aromatic nitrogens is 2. The highest BCUT2D eigenvalue weighted by Gasteiger charge is 2.25. The quantitative estimate of drug-likeness (QED) is 0.223. The van der Waals surface area contributed by atoms with Crippen LogP contribution in [0.3, 0.4) is 0 Å². The lowest BCUT2D eigenvalue weighted by Crippen LogP contribution is -2.30. The Balaban J connectivity index is 1.60. The second-order valence-electron chi connectivity index (χ2n) is 8.05. The molecule has 0 aliphatic carbocycles. The van der Waals surface area contributed by atoms with E-state index in [9.17, 15) is 19.7 Å². The number of nitro groups is 1. The van der Waals surface area contributed by atoms with Gasteiger partial charge in [-0.3, -0.25) is 14.9 Å². The van der Waals surface area contributed by atoms with Gasteiger partial charge in [0.1, 0.15) is 5.75 Å². The normalized spacial score (nSPS) is 11.7.